The molecule has 0 aliphatic carbocycles. The van der Waals surface area contributed by atoms with Crippen LogP contribution in [0.15, 0.2) is 41.8 Å². The van der Waals surface area contributed by atoms with Crippen LogP contribution in [0.25, 0.3) is 0 Å². The summed E-state index contributed by atoms with van der Waals surface area (Å²) in [4.78, 5) is 11.6. The van der Waals surface area contributed by atoms with Crippen molar-refractivity contribution in [1.29, 1.82) is 0 Å². The Kier molecular flexibility index (Phi) is 7.46. The standard InChI is InChI=1S/C19H29N7O/c1-2-20-19(22-8-4-10-26-11-5-9-24-26)23-16-17-6-3-7-21-18(17)25-12-14-27-15-13-25/h3,5-7,9,11H,2,4,8,10,12-16H2,1H3,(H2,20,22,23). The minimum atomic E-state index is 0.592. The molecule has 1 aliphatic heterocycles. The van der Waals surface area contributed by atoms with Crippen LogP contribution < -0.4 is 15.5 Å². The van der Waals surface area contributed by atoms with Crippen LogP contribution in [-0.2, 0) is 17.8 Å². The predicted molar refractivity (Wildman–Crippen MR) is 107 cm³/mol. The lowest BCUT2D eigenvalue weighted by Crippen LogP contribution is -2.38. The molecule has 8 nitrogen and oxygen atoms in total. The fraction of sp³-hybridized carbons (Fsp3) is 0.526. The van der Waals surface area contributed by atoms with E-state index in [-0.39, 0.29) is 0 Å². The van der Waals surface area contributed by atoms with E-state index < -0.39 is 0 Å². The number of nitrogens with one attached hydrogen (secondary N) is 2. The van der Waals surface area contributed by atoms with Gasteiger partial charge in [0.15, 0.2) is 5.96 Å². The minimum Gasteiger partial charge on any atom is -0.378 e. The quantitative estimate of drug-likeness (QED) is 0.413. The van der Waals surface area contributed by atoms with Crippen LogP contribution in [0.4, 0.5) is 5.82 Å². The second-order valence-corrected chi connectivity index (χ2v) is 6.33. The number of anilines is 1. The van der Waals surface area contributed by atoms with Crippen LogP contribution in [0.3, 0.4) is 0 Å². The first-order valence-corrected chi connectivity index (χ1v) is 9.63. The SMILES string of the molecule is CCNC(=NCc1cccnc1N1CCOCC1)NCCCn1cccn1. The zero-order valence-electron chi connectivity index (χ0n) is 16.0. The third-order valence-electron chi connectivity index (χ3n) is 4.35. The van der Waals surface area contributed by atoms with Gasteiger partial charge in [-0.05, 0) is 25.5 Å². The summed E-state index contributed by atoms with van der Waals surface area (Å²) in [5.74, 6) is 1.84. The number of hydrogen-bond donors (Lipinski definition) is 2. The number of aromatic nitrogens is 3. The van der Waals surface area contributed by atoms with Crippen molar-refractivity contribution in [2.75, 3.05) is 44.3 Å². The minimum absolute atomic E-state index is 0.592. The summed E-state index contributed by atoms with van der Waals surface area (Å²) in [6.45, 7) is 8.48. The number of ether oxygens (including phenoxy) is 1. The lowest BCUT2D eigenvalue weighted by molar-refractivity contribution is 0.122. The molecule has 0 saturated carbocycles. The third kappa shape index (κ3) is 5.96. The summed E-state index contributed by atoms with van der Waals surface area (Å²) in [6, 6.07) is 6.01. The fourth-order valence-electron chi connectivity index (χ4n) is 3.00. The van der Waals surface area contributed by atoms with E-state index in [2.05, 4.69) is 38.6 Å². The van der Waals surface area contributed by atoms with E-state index in [0.717, 1.165) is 69.7 Å². The molecule has 1 saturated heterocycles. The molecule has 2 aromatic rings. The zero-order valence-corrected chi connectivity index (χ0v) is 16.0. The number of hydrogen-bond acceptors (Lipinski definition) is 5. The molecule has 0 radical (unpaired) electrons. The van der Waals surface area contributed by atoms with Gasteiger partial charge in [0, 0.05) is 56.9 Å². The Morgan fingerprint density at radius 3 is 2.89 bits per heavy atom. The second-order valence-electron chi connectivity index (χ2n) is 6.33. The number of rotatable bonds is 8. The average Bonchev–Trinajstić information content (AvgIpc) is 3.24. The van der Waals surface area contributed by atoms with Gasteiger partial charge in [-0.15, -0.1) is 0 Å². The van der Waals surface area contributed by atoms with Crippen molar-refractivity contribution in [3.63, 3.8) is 0 Å². The normalized spacial score (nSPS) is 15.0. The number of aryl methyl sites for hydroxylation is 1. The maximum absolute atomic E-state index is 5.45. The smallest absolute Gasteiger partial charge is 0.191 e. The van der Waals surface area contributed by atoms with Crippen LogP contribution in [0, 0.1) is 0 Å². The van der Waals surface area contributed by atoms with Gasteiger partial charge in [-0.1, -0.05) is 6.07 Å². The maximum Gasteiger partial charge on any atom is 0.191 e. The molecule has 0 unspecified atom stereocenters. The van der Waals surface area contributed by atoms with Gasteiger partial charge in [-0.2, -0.15) is 5.10 Å². The van der Waals surface area contributed by atoms with E-state index in [1.807, 2.05) is 29.2 Å². The molecular formula is C19H29N7O. The van der Waals surface area contributed by atoms with E-state index >= 15 is 0 Å². The van der Waals surface area contributed by atoms with Gasteiger partial charge in [0.25, 0.3) is 0 Å². The second kappa shape index (κ2) is 10.5. The number of morpholine rings is 1. The van der Waals surface area contributed by atoms with Gasteiger partial charge in [0.05, 0.1) is 19.8 Å². The number of pyridine rings is 1. The van der Waals surface area contributed by atoms with Gasteiger partial charge in [0.1, 0.15) is 5.82 Å². The topological polar surface area (TPSA) is 79.6 Å². The van der Waals surface area contributed by atoms with Crippen LogP contribution in [0.2, 0.25) is 0 Å². The lowest BCUT2D eigenvalue weighted by Gasteiger charge is -2.29. The van der Waals surface area contributed by atoms with E-state index in [0.29, 0.717) is 6.54 Å². The highest BCUT2D eigenvalue weighted by molar-refractivity contribution is 5.79. The van der Waals surface area contributed by atoms with Crippen molar-refractivity contribution in [3.8, 4) is 0 Å². The van der Waals surface area contributed by atoms with E-state index in [9.17, 15) is 0 Å². The summed E-state index contributed by atoms with van der Waals surface area (Å²) in [7, 11) is 0. The van der Waals surface area contributed by atoms with Crippen molar-refractivity contribution in [2.45, 2.75) is 26.4 Å². The first-order valence-electron chi connectivity index (χ1n) is 9.63. The van der Waals surface area contributed by atoms with Gasteiger partial charge in [-0.25, -0.2) is 9.98 Å². The molecule has 8 heteroatoms. The maximum atomic E-state index is 5.45. The van der Waals surface area contributed by atoms with Gasteiger partial charge < -0.3 is 20.3 Å². The Balaban J connectivity index is 1.56. The van der Waals surface area contributed by atoms with Gasteiger partial charge in [-0.3, -0.25) is 4.68 Å². The molecule has 146 valence electrons. The van der Waals surface area contributed by atoms with Crippen molar-refractivity contribution >= 4 is 11.8 Å². The Bertz CT molecular complexity index is 696. The predicted octanol–water partition coefficient (Wildman–Crippen LogP) is 1.26. The molecule has 0 aromatic carbocycles. The van der Waals surface area contributed by atoms with Crippen LogP contribution in [0.1, 0.15) is 18.9 Å². The van der Waals surface area contributed by atoms with Crippen LogP contribution in [-0.4, -0.2) is 60.1 Å². The summed E-state index contributed by atoms with van der Waals surface area (Å²) in [5.41, 5.74) is 1.13. The molecule has 1 fully saturated rings. The van der Waals surface area contributed by atoms with Crippen LogP contribution in [0.5, 0.6) is 0 Å². The number of nitrogens with zero attached hydrogens (tertiary/aromatic N) is 5. The van der Waals surface area contributed by atoms with Crippen LogP contribution >= 0.6 is 0 Å². The summed E-state index contributed by atoms with van der Waals surface area (Å²) in [5, 5.41) is 10.9. The third-order valence-corrected chi connectivity index (χ3v) is 4.35. The largest absolute Gasteiger partial charge is 0.378 e. The zero-order chi connectivity index (χ0) is 18.7. The Hall–Kier alpha value is -2.61. The van der Waals surface area contributed by atoms with Crippen molar-refractivity contribution in [3.05, 3.63) is 42.4 Å². The highest BCUT2D eigenvalue weighted by Gasteiger charge is 2.15. The summed E-state index contributed by atoms with van der Waals surface area (Å²) in [6.07, 6.45) is 6.61. The molecule has 0 bridgehead atoms. The first kappa shape index (κ1) is 19.2. The molecular weight excluding hydrogens is 342 g/mol. The summed E-state index contributed by atoms with van der Waals surface area (Å²) >= 11 is 0. The van der Waals surface area contributed by atoms with E-state index in [1.54, 1.807) is 6.20 Å². The highest BCUT2D eigenvalue weighted by atomic mass is 16.5. The molecule has 27 heavy (non-hydrogen) atoms. The average molecular weight is 371 g/mol. The lowest BCUT2D eigenvalue weighted by atomic mass is 10.2. The first-order chi connectivity index (χ1) is 13.4. The molecule has 1 aliphatic rings. The molecule has 3 rings (SSSR count). The number of guanidine groups is 1. The summed E-state index contributed by atoms with van der Waals surface area (Å²) < 4.78 is 7.39. The molecule has 0 amide bonds. The molecule has 0 atom stereocenters. The Morgan fingerprint density at radius 2 is 2.11 bits per heavy atom. The van der Waals surface area contributed by atoms with Gasteiger partial charge in [0.2, 0.25) is 0 Å². The number of aliphatic imine (C=N–C) groups is 1. The Labute approximate surface area is 160 Å². The van der Waals surface area contributed by atoms with Crippen molar-refractivity contribution < 1.29 is 4.74 Å². The fourth-order valence-corrected chi connectivity index (χ4v) is 3.00. The van der Waals surface area contributed by atoms with Gasteiger partial charge >= 0.3 is 0 Å². The Morgan fingerprint density at radius 1 is 1.22 bits per heavy atom. The van der Waals surface area contributed by atoms with E-state index in [1.165, 1.54) is 0 Å². The molecule has 2 aromatic heterocycles. The molecule has 3 heterocycles. The highest BCUT2D eigenvalue weighted by Crippen LogP contribution is 2.19. The molecule has 0 spiro atoms. The van der Waals surface area contributed by atoms with Crippen molar-refractivity contribution in [2.24, 2.45) is 4.99 Å². The van der Waals surface area contributed by atoms with Crippen molar-refractivity contribution in [1.82, 2.24) is 25.4 Å². The molecule has 2 N–H and O–H groups in total. The van der Waals surface area contributed by atoms with E-state index in [4.69, 9.17) is 9.73 Å². The monoisotopic (exact) mass is 371 g/mol.